The van der Waals surface area contributed by atoms with Gasteiger partial charge in [-0.15, -0.1) is 0 Å². The summed E-state index contributed by atoms with van der Waals surface area (Å²) in [6.07, 6.45) is 3.06. The third kappa shape index (κ3) is 5.01. The molecule has 1 aliphatic heterocycles. The van der Waals surface area contributed by atoms with Gasteiger partial charge in [0.2, 0.25) is 5.91 Å². The highest BCUT2D eigenvalue weighted by atomic mass is 16.5. The topological polar surface area (TPSA) is 78.9 Å². The fraction of sp³-hybridized carbons (Fsp3) is 0.833. The van der Waals surface area contributed by atoms with Gasteiger partial charge in [-0.05, 0) is 39.2 Å². The molecule has 1 heterocycles. The summed E-state index contributed by atoms with van der Waals surface area (Å²) < 4.78 is 4.65. The summed E-state index contributed by atoms with van der Waals surface area (Å²) in [5, 5.41) is 11.0. The van der Waals surface area contributed by atoms with Gasteiger partial charge < -0.3 is 9.84 Å². The van der Waals surface area contributed by atoms with Crippen LogP contribution in [0.5, 0.6) is 0 Å². The molecule has 18 heavy (non-hydrogen) atoms. The molecule has 0 aliphatic carbocycles. The first kappa shape index (κ1) is 14.9. The van der Waals surface area contributed by atoms with Gasteiger partial charge in [0.05, 0.1) is 13.2 Å². The van der Waals surface area contributed by atoms with Crippen LogP contribution < -0.4 is 5.32 Å². The number of nitrogens with one attached hydrogen (secondary N) is 1. The molecule has 1 unspecified atom stereocenters. The molecular weight excluding hydrogens is 236 g/mol. The van der Waals surface area contributed by atoms with Crippen molar-refractivity contribution in [3.05, 3.63) is 0 Å². The predicted octanol–water partition coefficient (Wildman–Crippen LogP) is 0.496. The first-order valence-electron chi connectivity index (χ1n) is 6.49. The largest absolute Gasteiger partial charge is 0.450 e. The Bertz CT molecular complexity index is 283. The highest BCUT2D eigenvalue weighted by molar-refractivity contribution is 5.92. The molecule has 0 spiro atoms. The van der Waals surface area contributed by atoms with Crippen LogP contribution in [0.2, 0.25) is 0 Å². The van der Waals surface area contributed by atoms with Crippen molar-refractivity contribution >= 4 is 12.0 Å². The second kappa shape index (κ2) is 8.05. The molecule has 2 N–H and O–H groups in total. The molecule has 1 rings (SSSR count). The van der Waals surface area contributed by atoms with Crippen molar-refractivity contribution in [2.24, 2.45) is 0 Å². The quantitative estimate of drug-likeness (QED) is 0.725. The van der Waals surface area contributed by atoms with Crippen molar-refractivity contribution in [2.75, 3.05) is 26.3 Å². The molecule has 0 bridgehead atoms. The monoisotopic (exact) mass is 258 g/mol. The molecule has 1 saturated heterocycles. The average molecular weight is 258 g/mol. The first-order valence-corrected chi connectivity index (χ1v) is 6.49. The molecule has 0 aromatic heterocycles. The number of amides is 2. The Morgan fingerprint density at radius 2 is 2.28 bits per heavy atom. The first-order chi connectivity index (χ1) is 8.67. The highest BCUT2D eigenvalue weighted by Crippen LogP contribution is 2.20. The lowest BCUT2D eigenvalue weighted by molar-refractivity contribution is -0.121. The van der Waals surface area contributed by atoms with E-state index in [0.717, 1.165) is 32.2 Å². The zero-order valence-electron chi connectivity index (χ0n) is 10.9. The zero-order valence-corrected chi connectivity index (χ0v) is 10.9. The van der Waals surface area contributed by atoms with Gasteiger partial charge >= 0.3 is 6.09 Å². The van der Waals surface area contributed by atoms with E-state index in [-0.39, 0.29) is 25.7 Å². The maximum Gasteiger partial charge on any atom is 0.413 e. The maximum absolute atomic E-state index is 11.6. The summed E-state index contributed by atoms with van der Waals surface area (Å²) in [7, 11) is 0. The normalized spacial score (nSPS) is 19.8. The van der Waals surface area contributed by atoms with Crippen LogP contribution in [0.3, 0.4) is 0 Å². The SMILES string of the molecule is CCOC(=O)NC(=O)CN1CCCC1CCCO. The molecule has 0 radical (unpaired) electrons. The Kier molecular flexibility index (Phi) is 6.67. The van der Waals surface area contributed by atoms with Gasteiger partial charge in [0, 0.05) is 12.6 Å². The molecule has 0 aromatic rings. The van der Waals surface area contributed by atoms with Gasteiger partial charge in [-0.3, -0.25) is 15.0 Å². The number of aliphatic hydroxyl groups is 1. The minimum Gasteiger partial charge on any atom is -0.450 e. The van der Waals surface area contributed by atoms with Crippen molar-refractivity contribution in [3.8, 4) is 0 Å². The second-order valence-electron chi connectivity index (χ2n) is 4.40. The Balaban J connectivity index is 2.31. The van der Waals surface area contributed by atoms with Gasteiger partial charge in [0.15, 0.2) is 0 Å². The molecule has 1 aliphatic rings. The Morgan fingerprint density at radius 3 is 2.94 bits per heavy atom. The number of hydrogen-bond acceptors (Lipinski definition) is 5. The minimum atomic E-state index is -0.686. The number of alkyl carbamates (subject to hydrolysis) is 1. The van der Waals surface area contributed by atoms with E-state index in [1.807, 2.05) is 0 Å². The van der Waals surface area contributed by atoms with E-state index >= 15 is 0 Å². The number of carbonyl (C=O) groups excluding carboxylic acids is 2. The third-order valence-corrected chi connectivity index (χ3v) is 3.06. The summed E-state index contributed by atoms with van der Waals surface area (Å²) in [5.41, 5.74) is 0. The van der Waals surface area contributed by atoms with Crippen LogP contribution in [-0.2, 0) is 9.53 Å². The van der Waals surface area contributed by atoms with Gasteiger partial charge in [0.25, 0.3) is 0 Å². The van der Waals surface area contributed by atoms with E-state index in [1.165, 1.54) is 0 Å². The van der Waals surface area contributed by atoms with Crippen LogP contribution in [-0.4, -0.2) is 54.4 Å². The van der Waals surface area contributed by atoms with E-state index in [9.17, 15) is 9.59 Å². The number of carbonyl (C=O) groups is 2. The van der Waals surface area contributed by atoms with Crippen LogP contribution in [0.1, 0.15) is 32.6 Å². The van der Waals surface area contributed by atoms with Crippen LogP contribution in [0.25, 0.3) is 0 Å². The standard InChI is InChI=1S/C12H22N2O4/c1-2-18-12(17)13-11(16)9-14-7-3-5-10(14)6-4-8-15/h10,15H,2-9H2,1H3,(H,13,16,17). The summed E-state index contributed by atoms with van der Waals surface area (Å²) in [5.74, 6) is -0.329. The van der Waals surface area contributed by atoms with E-state index in [0.29, 0.717) is 6.04 Å². The lowest BCUT2D eigenvalue weighted by Gasteiger charge is -2.23. The zero-order chi connectivity index (χ0) is 13.4. The van der Waals surface area contributed by atoms with Crippen LogP contribution in [0.15, 0.2) is 0 Å². The predicted molar refractivity (Wildman–Crippen MR) is 66.1 cm³/mol. The van der Waals surface area contributed by atoms with Crippen molar-refractivity contribution in [1.29, 1.82) is 0 Å². The summed E-state index contributed by atoms with van der Waals surface area (Å²) in [4.78, 5) is 24.7. The number of aliphatic hydroxyl groups excluding tert-OH is 1. The number of imide groups is 1. The third-order valence-electron chi connectivity index (χ3n) is 3.06. The number of rotatable bonds is 6. The van der Waals surface area contributed by atoms with Crippen molar-refractivity contribution in [1.82, 2.24) is 10.2 Å². The molecule has 2 amide bonds. The van der Waals surface area contributed by atoms with Crippen LogP contribution in [0, 0.1) is 0 Å². The molecule has 0 saturated carbocycles. The van der Waals surface area contributed by atoms with Crippen LogP contribution >= 0.6 is 0 Å². The number of hydrogen-bond donors (Lipinski definition) is 2. The molecular formula is C12H22N2O4. The Labute approximate surface area is 107 Å². The van der Waals surface area contributed by atoms with E-state index in [1.54, 1.807) is 6.92 Å². The molecule has 6 nitrogen and oxygen atoms in total. The maximum atomic E-state index is 11.6. The number of nitrogens with zero attached hydrogens (tertiary/aromatic N) is 1. The Hall–Kier alpha value is -1.14. The van der Waals surface area contributed by atoms with E-state index in [2.05, 4.69) is 15.0 Å². The minimum absolute atomic E-state index is 0.180. The van der Waals surface area contributed by atoms with Crippen molar-refractivity contribution in [2.45, 2.75) is 38.6 Å². The fourth-order valence-corrected chi connectivity index (χ4v) is 2.26. The number of likely N-dealkylation sites (tertiary alicyclic amines) is 1. The smallest absolute Gasteiger partial charge is 0.413 e. The van der Waals surface area contributed by atoms with Crippen LogP contribution in [0.4, 0.5) is 4.79 Å². The fourth-order valence-electron chi connectivity index (χ4n) is 2.26. The van der Waals surface area contributed by atoms with E-state index in [4.69, 9.17) is 5.11 Å². The summed E-state index contributed by atoms with van der Waals surface area (Å²) in [6.45, 7) is 3.21. The van der Waals surface area contributed by atoms with E-state index < -0.39 is 6.09 Å². The summed E-state index contributed by atoms with van der Waals surface area (Å²) in [6, 6.07) is 0.338. The summed E-state index contributed by atoms with van der Waals surface area (Å²) >= 11 is 0. The lowest BCUT2D eigenvalue weighted by atomic mass is 10.1. The lowest BCUT2D eigenvalue weighted by Crippen LogP contribution is -2.42. The highest BCUT2D eigenvalue weighted by Gasteiger charge is 2.26. The number of ether oxygens (including phenoxy) is 1. The van der Waals surface area contributed by atoms with Gasteiger partial charge in [-0.25, -0.2) is 4.79 Å². The van der Waals surface area contributed by atoms with Gasteiger partial charge in [-0.1, -0.05) is 0 Å². The molecule has 104 valence electrons. The van der Waals surface area contributed by atoms with Gasteiger partial charge in [-0.2, -0.15) is 0 Å². The second-order valence-corrected chi connectivity index (χ2v) is 4.40. The molecule has 0 aromatic carbocycles. The Morgan fingerprint density at radius 1 is 1.50 bits per heavy atom. The molecule has 6 heteroatoms. The molecule has 1 fully saturated rings. The van der Waals surface area contributed by atoms with Gasteiger partial charge in [0.1, 0.15) is 0 Å². The molecule has 1 atom stereocenters. The van der Waals surface area contributed by atoms with Crippen molar-refractivity contribution < 1.29 is 19.4 Å². The average Bonchev–Trinajstić information content (AvgIpc) is 2.73. The van der Waals surface area contributed by atoms with Crippen molar-refractivity contribution in [3.63, 3.8) is 0 Å².